The van der Waals surface area contributed by atoms with Gasteiger partial charge in [-0.05, 0) is 19.3 Å². The summed E-state index contributed by atoms with van der Waals surface area (Å²) in [6.45, 7) is 5.35. The minimum absolute atomic E-state index is 0.343. The number of rotatable bonds is 4. The van der Waals surface area contributed by atoms with E-state index in [1.807, 2.05) is 0 Å². The Balaban J connectivity index is 2.45. The molecule has 70 valence electrons. The van der Waals surface area contributed by atoms with Crippen molar-refractivity contribution in [2.75, 3.05) is 6.54 Å². The SMILES string of the molecule is CCC(C)SC1(CN)CC=CC1. The summed E-state index contributed by atoms with van der Waals surface area (Å²) in [5, 5.41) is 0.744. The van der Waals surface area contributed by atoms with Crippen molar-refractivity contribution in [3.05, 3.63) is 12.2 Å². The van der Waals surface area contributed by atoms with Crippen LogP contribution in [0.4, 0.5) is 0 Å². The third-order valence-corrected chi connectivity index (χ3v) is 4.28. The molecular weight excluding hydrogens is 166 g/mol. The molecular formula is C10H19NS. The molecule has 0 bridgehead atoms. The van der Waals surface area contributed by atoms with E-state index in [1.165, 1.54) is 19.3 Å². The van der Waals surface area contributed by atoms with Crippen LogP contribution in [-0.2, 0) is 0 Å². The van der Waals surface area contributed by atoms with E-state index in [2.05, 4.69) is 37.8 Å². The highest BCUT2D eigenvalue weighted by atomic mass is 32.2. The lowest BCUT2D eigenvalue weighted by molar-refractivity contribution is 0.635. The van der Waals surface area contributed by atoms with Gasteiger partial charge < -0.3 is 5.73 Å². The third-order valence-electron chi connectivity index (χ3n) is 2.54. The van der Waals surface area contributed by atoms with Gasteiger partial charge in [-0.2, -0.15) is 11.8 Å². The minimum Gasteiger partial charge on any atom is -0.329 e. The lowest BCUT2D eigenvalue weighted by Crippen LogP contribution is -2.33. The molecule has 1 aliphatic carbocycles. The molecule has 0 radical (unpaired) electrons. The second-order valence-corrected chi connectivity index (χ2v) is 5.51. The number of hydrogen-bond donors (Lipinski definition) is 1. The van der Waals surface area contributed by atoms with Crippen LogP contribution in [0.1, 0.15) is 33.1 Å². The van der Waals surface area contributed by atoms with E-state index in [4.69, 9.17) is 5.73 Å². The van der Waals surface area contributed by atoms with E-state index in [0.29, 0.717) is 4.75 Å². The van der Waals surface area contributed by atoms with Gasteiger partial charge >= 0.3 is 0 Å². The lowest BCUT2D eigenvalue weighted by atomic mass is 10.1. The molecule has 1 aliphatic rings. The Morgan fingerprint density at radius 2 is 2.08 bits per heavy atom. The van der Waals surface area contributed by atoms with Gasteiger partial charge in [-0.3, -0.25) is 0 Å². The van der Waals surface area contributed by atoms with Crippen LogP contribution in [0, 0.1) is 0 Å². The van der Waals surface area contributed by atoms with Gasteiger partial charge in [-0.15, -0.1) is 0 Å². The summed E-state index contributed by atoms with van der Waals surface area (Å²) >= 11 is 2.07. The monoisotopic (exact) mass is 185 g/mol. The van der Waals surface area contributed by atoms with Crippen molar-refractivity contribution < 1.29 is 0 Å². The molecule has 2 heteroatoms. The minimum atomic E-state index is 0.343. The predicted octanol–water partition coefficient (Wildman–Crippen LogP) is 2.57. The van der Waals surface area contributed by atoms with E-state index in [9.17, 15) is 0 Å². The van der Waals surface area contributed by atoms with E-state index in [-0.39, 0.29) is 0 Å². The third kappa shape index (κ3) is 2.27. The molecule has 1 atom stereocenters. The van der Waals surface area contributed by atoms with Crippen molar-refractivity contribution in [1.82, 2.24) is 0 Å². The van der Waals surface area contributed by atoms with E-state index < -0.39 is 0 Å². The summed E-state index contributed by atoms with van der Waals surface area (Å²) in [6, 6.07) is 0. The quantitative estimate of drug-likeness (QED) is 0.681. The molecule has 0 fully saturated rings. The van der Waals surface area contributed by atoms with Crippen molar-refractivity contribution in [1.29, 1.82) is 0 Å². The molecule has 2 N–H and O–H groups in total. The van der Waals surface area contributed by atoms with Crippen molar-refractivity contribution in [3.8, 4) is 0 Å². The van der Waals surface area contributed by atoms with Crippen LogP contribution in [0.2, 0.25) is 0 Å². The van der Waals surface area contributed by atoms with Crippen LogP contribution < -0.4 is 5.73 Å². The first kappa shape index (κ1) is 10.1. The van der Waals surface area contributed by atoms with Crippen molar-refractivity contribution >= 4 is 11.8 Å². The lowest BCUT2D eigenvalue weighted by Gasteiger charge is -2.29. The molecule has 0 aliphatic heterocycles. The molecule has 1 nitrogen and oxygen atoms in total. The summed E-state index contributed by atoms with van der Waals surface area (Å²) < 4.78 is 0.343. The van der Waals surface area contributed by atoms with Crippen molar-refractivity contribution in [3.63, 3.8) is 0 Å². The average Bonchev–Trinajstić information content (AvgIpc) is 2.54. The summed E-state index contributed by atoms with van der Waals surface area (Å²) in [4.78, 5) is 0. The van der Waals surface area contributed by atoms with E-state index >= 15 is 0 Å². The Morgan fingerprint density at radius 1 is 1.50 bits per heavy atom. The Morgan fingerprint density at radius 3 is 2.50 bits per heavy atom. The van der Waals surface area contributed by atoms with E-state index in [0.717, 1.165) is 11.8 Å². The standard InChI is InChI=1S/C10H19NS/c1-3-9(2)12-10(8-11)6-4-5-7-10/h4-5,9H,3,6-8,11H2,1-2H3. The fraction of sp³-hybridized carbons (Fsp3) is 0.800. The Kier molecular flexibility index (Phi) is 3.66. The summed E-state index contributed by atoms with van der Waals surface area (Å²) in [7, 11) is 0. The van der Waals surface area contributed by atoms with Crippen LogP contribution in [0.5, 0.6) is 0 Å². The highest BCUT2D eigenvalue weighted by Crippen LogP contribution is 2.39. The number of nitrogens with two attached hydrogens (primary N) is 1. The largest absolute Gasteiger partial charge is 0.329 e. The normalized spacial score (nSPS) is 22.9. The zero-order valence-corrected chi connectivity index (χ0v) is 8.86. The van der Waals surface area contributed by atoms with Crippen LogP contribution in [0.25, 0.3) is 0 Å². The molecule has 0 amide bonds. The van der Waals surface area contributed by atoms with Crippen LogP contribution >= 0.6 is 11.8 Å². The number of allylic oxidation sites excluding steroid dienone is 2. The van der Waals surface area contributed by atoms with Gasteiger partial charge in [0.1, 0.15) is 0 Å². The molecule has 0 heterocycles. The number of hydrogen-bond acceptors (Lipinski definition) is 2. The van der Waals surface area contributed by atoms with Crippen molar-refractivity contribution in [2.45, 2.75) is 43.1 Å². The molecule has 0 saturated heterocycles. The van der Waals surface area contributed by atoms with Gasteiger partial charge in [0.05, 0.1) is 0 Å². The van der Waals surface area contributed by atoms with Crippen LogP contribution in [0.15, 0.2) is 12.2 Å². The van der Waals surface area contributed by atoms with Gasteiger partial charge in [0.15, 0.2) is 0 Å². The summed E-state index contributed by atoms with van der Waals surface area (Å²) in [5.41, 5.74) is 5.81. The highest BCUT2D eigenvalue weighted by Gasteiger charge is 2.31. The first-order valence-corrected chi connectivity index (χ1v) is 5.63. The van der Waals surface area contributed by atoms with Gasteiger partial charge in [0, 0.05) is 16.5 Å². The van der Waals surface area contributed by atoms with Gasteiger partial charge in [0.25, 0.3) is 0 Å². The zero-order valence-electron chi connectivity index (χ0n) is 8.05. The molecule has 0 aromatic rings. The molecule has 12 heavy (non-hydrogen) atoms. The zero-order chi connectivity index (χ0) is 9.03. The molecule has 0 aromatic heterocycles. The van der Waals surface area contributed by atoms with Gasteiger partial charge in [0.2, 0.25) is 0 Å². The van der Waals surface area contributed by atoms with Crippen LogP contribution in [0.3, 0.4) is 0 Å². The fourth-order valence-corrected chi connectivity index (χ4v) is 3.00. The van der Waals surface area contributed by atoms with Crippen LogP contribution in [-0.4, -0.2) is 16.5 Å². The first-order valence-electron chi connectivity index (χ1n) is 4.75. The Labute approximate surface area is 79.8 Å². The maximum absolute atomic E-state index is 5.81. The predicted molar refractivity (Wildman–Crippen MR) is 57.5 cm³/mol. The number of thioether (sulfide) groups is 1. The molecule has 0 aromatic carbocycles. The molecule has 0 saturated carbocycles. The van der Waals surface area contributed by atoms with Crippen molar-refractivity contribution in [2.24, 2.45) is 5.73 Å². The Bertz CT molecular complexity index is 157. The topological polar surface area (TPSA) is 26.0 Å². The molecule has 1 unspecified atom stereocenters. The highest BCUT2D eigenvalue weighted by molar-refractivity contribution is 8.01. The molecule has 0 spiro atoms. The summed E-state index contributed by atoms with van der Waals surface area (Å²) in [5.74, 6) is 0. The van der Waals surface area contributed by atoms with E-state index in [1.54, 1.807) is 0 Å². The second kappa shape index (κ2) is 4.33. The van der Waals surface area contributed by atoms with Gasteiger partial charge in [-0.25, -0.2) is 0 Å². The smallest absolute Gasteiger partial charge is 0.0353 e. The average molecular weight is 185 g/mol. The fourth-order valence-electron chi connectivity index (χ4n) is 1.50. The summed E-state index contributed by atoms with van der Waals surface area (Å²) in [6.07, 6.45) is 8.11. The first-order chi connectivity index (χ1) is 5.72. The Hall–Kier alpha value is 0.0500. The second-order valence-electron chi connectivity index (χ2n) is 3.60. The molecule has 1 rings (SSSR count). The maximum Gasteiger partial charge on any atom is 0.0353 e. The van der Waals surface area contributed by atoms with Gasteiger partial charge in [-0.1, -0.05) is 26.0 Å². The maximum atomic E-state index is 5.81.